The largest absolute Gasteiger partial charge is 0.334 e. The highest BCUT2D eigenvalue weighted by molar-refractivity contribution is 6.11. The lowest BCUT2D eigenvalue weighted by Gasteiger charge is -2.07. The van der Waals surface area contributed by atoms with Crippen LogP contribution in [0.4, 0.5) is 0 Å². The van der Waals surface area contributed by atoms with Gasteiger partial charge in [0, 0.05) is 11.8 Å². The minimum Gasteiger partial charge on any atom is -0.334 e. The zero-order chi connectivity index (χ0) is 9.19. The summed E-state index contributed by atoms with van der Waals surface area (Å²) in [5.41, 5.74) is -0.584. The average molecular weight is 163 g/mol. The molecule has 0 radical (unpaired) electrons. The van der Waals surface area contributed by atoms with Gasteiger partial charge in [-0.2, -0.15) is 5.26 Å². The van der Waals surface area contributed by atoms with Gasteiger partial charge in [0.15, 0.2) is 0 Å². The first-order valence-corrected chi connectivity index (χ1v) is 3.57. The predicted molar refractivity (Wildman–Crippen MR) is 43.6 cm³/mol. The van der Waals surface area contributed by atoms with E-state index in [1.165, 1.54) is 0 Å². The molecule has 1 aliphatic rings. The minimum absolute atomic E-state index is 0.0801. The van der Waals surface area contributed by atoms with E-state index in [0.29, 0.717) is 12.8 Å². The third-order valence-corrected chi connectivity index (χ3v) is 1.78. The Morgan fingerprint density at radius 1 is 1.75 bits per heavy atom. The van der Waals surface area contributed by atoms with E-state index < -0.39 is 11.4 Å². The van der Waals surface area contributed by atoms with Crippen LogP contribution in [-0.2, 0) is 4.79 Å². The fourth-order valence-corrected chi connectivity index (χ4v) is 0.753. The molecule has 2 N–H and O–H groups in total. The Balaban J connectivity index is 2.53. The van der Waals surface area contributed by atoms with E-state index in [9.17, 15) is 4.79 Å². The van der Waals surface area contributed by atoms with E-state index >= 15 is 0 Å². The third kappa shape index (κ3) is 1.51. The van der Waals surface area contributed by atoms with E-state index in [0.717, 1.165) is 6.21 Å². The lowest BCUT2D eigenvalue weighted by molar-refractivity contribution is -0.117. The van der Waals surface area contributed by atoms with Gasteiger partial charge in [-0.05, 0) is 12.8 Å². The molecule has 62 valence electrons. The van der Waals surface area contributed by atoms with Crippen LogP contribution in [0.15, 0.2) is 12.2 Å². The van der Waals surface area contributed by atoms with Gasteiger partial charge >= 0.3 is 0 Å². The Morgan fingerprint density at radius 3 is 2.67 bits per heavy atom. The lowest BCUT2D eigenvalue weighted by atomic mass is 10.2. The maximum absolute atomic E-state index is 11.1. The highest BCUT2D eigenvalue weighted by Gasteiger charge is 2.44. The van der Waals surface area contributed by atoms with Crippen molar-refractivity contribution in [2.24, 2.45) is 0 Å². The molecule has 0 spiro atoms. The van der Waals surface area contributed by atoms with Crippen LogP contribution in [0.25, 0.3) is 0 Å². The molecule has 0 heterocycles. The zero-order valence-electron chi connectivity index (χ0n) is 6.55. The lowest BCUT2D eigenvalue weighted by Crippen LogP contribution is -2.36. The predicted octanol–water partition coefficient (Wildman–Crippen LogP) is 0.365. The maximum Gasteiger partial charge on any atom is 0.253 e. The highest BCUT2D eigenvalue weighted by atomic mass is 16.1. The Bertz CT molecular complexity index is 283. The minimum atomic E-state index is -0.664. The van der Waals surface area contributed by atoms with Crippen LogP contribution in [0.3, 0.4) is 0 Å². The summed E-state index contributed by atoms with van der Waals surface area (Å²) < 4.78 is 0. The molecule has 0 aromatic carbocycles. The van der Waals surface area contributed by atoms with Crippen molar-refractivity contribution in [3.05, 3.63) is 12.2 Å². The number of hydrogen-bond acceptors (Lipinski definition) is 3. The molecule has 12 heavy (non-hydrogen) atoms. The molecule has 1 amide bonds. The van der Waals surface area contributed by atoms with Crippen LogP contribution in [0, 0.1) is 16.7 Å². The topological polar surface area (TPSA) is 76.7 Å². The number of hydrogen-bond donors (Lipinski definition) is 2. The Labute approximate surface area is 70.4 Å². The summed E-state index contributed by atoms with van der Waals surface area (Å²) >= 11 is 0. The molecule has 0 bridgehead atoms. The second kappa shape index (κ2) is 2.78. The van der Waals surface area contributed by atoms with E-state index in [-0.39, 0.29) is 5.57 Å². The average Bonchev–Trinajstić information content (AvgIpc) is 2.84. The van der Waals surface area contributed by atoms with Crippen LogP contribution in [0.2, 0.25) is 0 Å². The van der Waals surface area contributed by atoms with Gasteiger partial charge in [-0.15, -0.1) is 0 Å². The molecule has 1 fully saturated rings. The SMILES string of the molecule is C=C(C=N)C(=O)NC1(C#N)CC1. The maximum atomic E-state index is 11.1. The summed E-state index contributed by atoms with van der Waals surface area (Å²) in [6, 6.07) is 2.01. The molecule has 4 heteroatoms. The van der Waals surface area contributed by atoms with Crippen LogP contribution < -0.4 is 5.32 Å². The number of nitriles is 1. The summed E-state index contributed by atoms with van der Waals surface area (Å²) in [7, 11) is 0. The number of carbonyl (C=O) groups excluding carboxylic acids is 1. The Morgan fingerprint density at radius 2 is 2.33 bits per heavy atom. The van der Waals surface area contributed by atoms with Crippen LogP contribution in [0.5, 0.6) is 0 Å². The van der Waals surface area contributed by atoms with Crippen molar-refractivity contribution in [2.75, 3.05) is 0 Å². The molecule has 1 rings (SSSR count). The fraction of sp³-hybridized carbons (Fsp3) is 0.375. The zero-order valence-corrected chi connectivity index (χ0v) is 6.55. The molecule has 0 unspecified atom stereocenters. The van der Waals surface area contributed by atoms with Gasteiger partial charge in [0.2, 0.25) is 0 Å². The summed E-state index contributed by atoms with van der Waals surface area (Å²) in [4.78, 5) is 11.1. The summed E-state index contributed by atoms with van der Waals surface area (Å²) in [6.45, 7) is 3.35. The van der Waals surface area contributed by atoms with Crippen molar-refractivity contribution < 1.29 is 4.79 Å². The second-order valence-electron chi connectivity index (χ2n) is 2.82. The smallest absolute Gasteiger partial charge is 0.253 e. The number of amides is 1. The first-order valence-electron chi connectivity index (χ1n) is 3.57. The Kier molecular flexibility index (Phi) is 1.96. The molecular weight excluding hydrogens is 154 g/mol. The summed E-state index contributed by atoms with van der Waals surface area (Å²) in [6.07, 6.45) is 2.27. The normalized spacial score (nSPS) is 17.2. The first-order chi connectivity index (χ1) is 5.63. The van der Waals surface area contributed by atoms with Crippen molar-refractivity contribution >= 4 is 12.1 Å². The summed E-state index contributed by atoms with van der Waals surface area (Å²) in [5.74, 6) is -0.427. The second-order valence-corrected chi connectivity index (χ2v) is 2.82. The van der Waals surface area contributed by atoms with Crippen molar-refractivity contribution in [2.45, 2.75) is 18.4 Å². The molecule has 1 saturated carbocycles. The van der Waals surface area contributed by atoms with Gasteiger partial charge in [0.1, 0.15) is 5.54 Å². The summed E-state index contributed by atoms with van der Waals surface area (Å²) in [5, 5.41) is 17.9. The number of nitrogens with zero attached hydrogens (tertiary/aromatic N) is 1. The van der Waals surface area contributed by atoms with Crippen molar-refractivity contribution in [1.29, 1.82) is 10.7 Å². The van der Waals surface area contributed by atoms with Gasteiger partial charge in [-0.1, -0.05) is 6.58 Å². The van der Waals surface area contributed by atoms with E-state index in [1.807, 2.05) is 6.07 Å². The van der Waals surface area contributed by atoms with Crippen molar-refractivity contribution in [3.63, 3.8) is 0 Å². The molecule has 0 aliphatic heterocycles. The fourth-order valence-electron chi connectivity index (χ4n) is 0.753. The van der Waals surface area contributed by atoms with E-state index in [1.54, 1.807) is 0 Å². The van der Waals surface area contributed by atoms with Crippen molar-refractivity contribution in [1.82, 2.24) is 5.32 Å². The quantitative estimate of drug-likeness (QED) is 0.465. The van der Waals surface area contributed by atoms with Crippen LogP contribution in [0.1, 0.15) is 12.8 Å². The molecule has 0 saturated heterocycles. The highest BCUT2D eigenvalue weighted by Crippen LogP contribution is 2.34. The van der Waals surface area contributed by atoms with Gasteiger partial charge in [0.25, 0.3) is 5.91 Å². The van der Waals surface area contributed by atoms with Gasteiger partial charge in [0.05, 0.1) is 6.07 Å². The third-order valence-electron chi connectivity index (χ3n) is 1.78. The van der Waals surface area contributed by atoms with Gasteiger partial charge < -0.3 is 10.7 Å². The molecule has 0 aromatic heterocycles. The molecule has 0 atom stereocenters. The molecule has 1 aliphatic carbocycles. The number of nitrogens with one attached hydrogen (secondary N) is 2. The van der Waals surface area contributed by atoms with Crippen LogP contribution >= 0.6 is 0 Å². The monoisotopic (exact) mass is 163 g/mol. The van der Waals surface area contributed by atoms with E-state index in [4.69, 9.17) is 10.7 Å². The molecule has 4 nitrogen and oxygen atoms in total. The van der Waals surface area contributed by atoms with Gasteiger partial charge in [-0.3, -0.25) is 4.79 Å². The number of rotatable bonds is 3. The Hall–Kier alpha value is -1.63. The van der Waals surface area contributed by atoms with Gasteiger partial charge in [-0.25, -0.2) is 0 Å². The molecular formula is C8H9N3O. The van der Waals surface area contributed by atoms with Crippen LogP contribution in [-0.4, -0.2) is 17.7 Å². The standard InChI is InChI=1S/C8H9N3O/c1-6(4-9)7(12)11-8(5-10)2-3-8/h4,9H,1-3H2,(H,11,12). The molecule has 0 aromatic rings. The first kappa shape index (κ1) is 8.47. The number of carbonyl (C=O) groups is 1. The van der Waals surface area contributed by atoms with E-state index in [2.05, 4.69) is 11.9 Å². The van der Waals surface area contributed by atoms with Crippen molar-refractivity contribution in [3.8, 4) is 6.07 Å².